The van der Waals surface area contributed by atoms with Crippen molar-refractivity contribution in [3.05, 3.63) is 54.4 Å². The normalized spacial score (nSPS) is 14.6. The third-order valence-corrected chi connectivity index (χ3v) is 5.33. The number of nitrogens with one attached hydrogen (secondary N) is 1. The van der Waals surface area contributed by atoms with Gasteiger partial charge in [0.05, 0.1) is 0 Å². The number of carbonyl (C=O) groups is 1. The highest BCUT2D eigenvalue weighted by Gasteiger charge is 2.20. The molecule has 2 aromatic heterocycles. The molecule has 0 bridgehead atoms. The Hall–Kier alpha value is -3.00. The second-order valence-corrected chi connectivity index (χ2v) is 7.45. The molecule has 8 heteroatoms. The van der Waals surface area contributed by atoms with Crippen LogP contribution < -0.4 is 10.2 Å². The minimum Gasteiger partial charge on any atom is -0.370 e. The van der Waals surface area contributed by atoms with Crippen LogP contribution in [0.2, 0.25) is 0 Å². The monoisotopic (exact) mass is 394 g/mol. The number of pyridine rings is 1. The minimum atomic E-state index is -0.122. The summed E-state index contributed by atoms with van der Waals surface area (Å²) in [5.41, 5.74) is 3.10. The summed E-state index contributed by atoms with van der Waals surface area (Å²) in [6, 6.07) is 13.7. The molecule has 1 N–H and O–H groups in total. The zero-order chi connectivity index (χ0) is 19.3. The van der Waals surface area contributed by atoms with Crippen molar-refractivity contribution in [2.75, 3.05) is 36.4 Å². The molecule has 28 heavy (non-hydrogen) atoms. The molecule has 0 spiro atoms. The molecule has 0 unspecified atom stereocenters. The van der Waals surface area contributed by atoms with Gasteiger partial charge in [-0.1, -0.05) is 30.3 Å². The van der Waals surface area contributed by atoms with Gasteiger partial charge in [-0.05, 0) is 25.5 Å². The number of hydrogen-bond acceptors (Lipinski definition) is 6. The first kappa shape index (κ1) is 18.4. The van der Waals surface area contributed by atoms with Crippen LogP contribution in [0.4, 0.5) is 15.6 Å². The van der Waals surface area contributed by atoms with Crippen LogP contribution in [-0.2, 0) is 0 Å². The van der Waals surface area contributed by atoms with E-state index in [-0.39, 0.29) is 6.03 Å². The van der Waals surface area contributed by atoms with Crippen LogP contribution in [0, 0.1) is 6.92 Å². The number of aromatic nitrogens is 3. The average molecular weight is 395 g/mol. The van der Waals surface area contributed by atoms with Gasteiger partial charge in [0, 0.05) is 60.9 Å². The lowest BCUT2D eigenvalue weighted by Crippen LogP contribution is -2.38. The third-order valence-electron chi connectivity index (χ3n) is 4.70. The highest BCUT2D eigenvalue weighted by Crippen LogP contribution is 2.21. The lowest BCUT2D eigenvalue weighted by molar-refractivity contribution is 0.215. The van der Waals surface area contributed by atoms with Crippen LogP contribution >= 0.6 is 11.5 Å². The van der Waals surface area contributed by atoms with E-state index in [1.807, 2.05) is 54.4 Å². The molecule has 0 aliphatic carbocycles. The number of aryl methyl sites for hydroxylation is 1. The zero-order valence-electron chi connectivity index (χ0n) is 15.7. The quantitative estimate of drug-likeness (QED) is 0.734. The van der Waals surface area contributed by atoms with Crippen LogP contribution in [0.15, 0.2) is 48.7 Å². The fourth-order valence-electron chi connectivity index (χ4n) is 3.26. The summed E-state index contributed by atoms with van der Waals surface area (Å²) in [5, 5.41) is 3.42. The molecule has 1 aliphatic heterocycles. The van der Waals surface area contributed by atoms with Gasteiger partial charge < -0.3 is 9.80 Å². The molecule has 2 amide bonds. The van der Waals surface area contributed by atoms with E-state index < -0.39 is 0 Å². The molecular weight excluding hydrogens is 372 g/mol. The molecule has 0 saturated carbocycles. The number of nitrogens with zero attached hydrogens (tertiary/aromatic N) is 5. The maximum absolute atomic E-state index is 12.7. The van der Waals surface area contributed by atoms with Gasteiger partial charge in [0.15, 0.2) is 5.82 Å². The van der Waals surface area contributed by atoms with E-state index in [0.29, 0.717) is 17.5 Å². The molecule has 1 saturated heterocycles. The molecule has 0 radical (unpaired) electrons. The van der Waals surface area contributed by atoms with Crippen LogP contribution in [-0.4, -0.2) is 51.5 Å². The molecule has 0 atom stereocenters. The number of benzene rings is 1. The van der Waals surface area contributed by atoms with Gasteiger partial charge in [0.2, 0.25) is 5.13 Å². The van der Waals surface area contributed by atoms with Crippen molar-refractivity contribution in [2.45, 2.75) is 13.3 Å². The Balaban J connectivity index is 1.37. The molecule has 144 valence electrons. The van der Waals surface area contributed by atoms with E-state index in [1.54, 1.807) is 0 Å². The number of amides is 2. The predicted octanol–water partition coefficient (Wildman–Crippen LogP) is 3.65. The average Bonchev–Trinajstić information content (AvgIpc) is 3.03. The Kier molecular flexibility index (Phi) is 5.48. The van der Waals surface area contributed by atoms with Crippen molar-refractivity contribution in [3.8, 4) is 11.4 Å². The Morgan fingerprint density at radius 2 is 1.96 bits per heavy atom. The van der Waals surface area contributed by atoms with E-state index in [4.69, 9.17) is 0 Å². The summed E-state index contributed by atoms with van der Waals surface area (Å²) in [5.74, 6) is 0.635. The lowest BCUT2D eigenvalue weighted by atomic mass is 10.2. The topological polar surface area (TPSA) is 74.2 Å². The van der Waals surface area contributed by atoms with Crippen LogP contribution in [0.25, 0.3) is 11.4 Å². The van der Waals surface area contributed by atoms with Gasteiger partial charge in [-0.15, -0.1) is 0 Å². The molecule has 7 nitrogen and oxygen atoms in total. The van der Waals surface area contributed by atoms with E-state index in [9.17, 15) is 4.79 Å². The molecule has 3 aromatic rings. The van der Waals surface area contributed by atoms with Gasteiger partial charge in [0.1, 0.15) is 0 Å². The summed E-state index contributed by atoms with van der Waals surface area (Å²) in [7, 11) is 0. The highest BCUT2D eigenvalue weighted by molar-refractivity contribution is 7.10. The summed E-state index contributed by atoms with van der Waals surface area (Å²) in [4.78, 5) is 25.5. The summed E-state index contributed by atoms with van der Waals surface area (Å²) in [6.07, 6.45) is 2.75. The summed E-state index contributed by atoms with van der Waals surface area (Å²) >= 11 is 1.20. The number of anilines is 2. The SMILES string of the molecule is Cc1cc(N2CCCN(C(=O)Nc3nc(-c4ccccc4)ns3)CC2)ccn1. The highest BCUT2D eigenvalue weighted by atomic mass is 32.1. The Morgan fingerprint density at radius 3 is 2.79 bits per heavy atom. The lowest BCUT2D eigenvalue weighted by Gasteiger charge is -2.23. The maximum atomic E-state index is 12.7. The van der Waals surface area contributed by atoms with E-state index >= 15 is 0 Å². The van der Waals surface area contributed by atoms with Gasteiger partial charge in [-0.3, -0.25) is 10.3 Å². The Labute approximate surface area is 168 Å². The van der Waals surface area contributed by atoms with Crippen LogP contribution in [0.5, 0.6) is 0 Å². The zero-order valence-corrected chi connectivity index (χ0v) is 16.5. The maximum Gasteiger partial charge on any atom is 0.323 e. The van der Waals surface area contributed by atoms with Crippen molar-refractivity contribution in [2.24, 2.45) is 0 Å². The van der Waals surface area contributed by atoms with Gasteiger partial charge >= 0.3 is 6.03 Å². The number of hydrogen-bond donors (Lipinski definition) is 1. The summed E-state index contributed by atoms with van der Waals surface area (Å²) < 4.78 is 4.35. The van der Waals surface area contributed by atoms with Crippen molar-refractivity contribution in [3.63, 3.8) is 0 Å². The molecule has 1 aromatic carbocycles. The van der Waals surface area contributed by atoms with Crippen molar-refractivity contribution >= 4 is 28.4 Å². The van der Waals surface area contributed by atoms with Gasteiger partial charge in [0.25, 0.3) is 0 Å². The summed E-state index contributed by atoms with van der Waals surface area (Å²) in [6.45, 7) is 5.09. The first-order valence-electron chi connectivity index (χ1n) is 9.32. The van der Waals surface area contributed by atoms with Crippen LogP contribution in [0.3, 0.4) is 0 Å². The largest absolute Gasteiger partial charge is 0.370 e. The fourth-order valence-corrected chi connectivity index (χ4v) is 3.83. The minimum absolute atomic E-state index is 0.122. The van der Waals surface area contributed by atoms with Crippen molar-refractivity contribution in [1.82, 2.24) is 19.2 Å². The van der Waals surface area contributed by atoms with Gasteiger partial charge in [-0.25, -0.2) is 4.79 Å². The van der Waals surface area contributed by atoms with Crippen molar-refractivity contribution in [1.29, 1.82) is 0 Å². The molecular formula is C20H22N6OS. The standard InChI is InChI=1S/C20H22N6OS/c1-15-14-17(8-9-21-15)25-10-5-11-26(13-12-25)20(27)23-19-22-18(24-28-19)16-6-3-2-4-7-16/h2-4,6-9,14H,5,10-13H2,1H3,(H,22,23,24,27). The third kappa shape index (κ3) is 4.28. The molecule has 3 heterocycles. The second-order valence-electron chi connectivity index (χ2n) is 6.70. The Morgan fingerprint density at radius 1 is 1.11 bits per heavy atom. The first-order chi connectivity index (χ1) is 13.7. The molecule has 1 aliphatic rings. The van der Waals surface area contributed by atoms with Crippen LogP contribution in [0.1, 0.15) is 12.1 Å². The number of urea groups is 1. The van der Waals surface area contributed by atoms with E-state index in [1.165, 1.54) is 11.5 Å². The van der Waals surface area contributed by atoms with Gasteiger partial charge in [-0.2, -0.15) is 9.36 Å². The predicted molar refractivity (Wildman–Crippen MR) is 112 cm³/mol. The second kappa shape index (κ2) is 8.35. The fraction of sp³-hybridized carbons (Fsp3) is 0.300. The smallest absolute Gasteiger partial charge is 0.323 e. The van der Waals surface area contributed by atoms with E-state index in [0.717, 1.165) is 43.0 Å². The Bertz CT molecular complexity index is 945. The number of rotatable bonds is 3. The molecule has 4 rings (SSSR count). The molecule has 1 fully saturated rings. The first-order valence-corrected chi connectivity index (χ1v) is 10.1. The van der Waals surface area contributed by atoms with Crippen molar-refractivity contribution < 1.29 is 4.79 Å². The van der Waals surface area contributed by atoms with E-state index in [2.05, 4.69) is 30.6 Å². The number of carbonyl (C=O) groups excluding carboxylic acids is 1.